The lowest BCUT2D eigenvalue weighted by Gasteiger charge is -2.31. The Balaban J connectivity index is 4.87. The number of carboxylic acid groups (broad SMARTS) is 1. The molecule has 126 valence electrons. The highest BCUT2D eigenvalue weighted by Crippen LogP contribution is 2.46. The van der Waals surface area contributed by atoms with Gasteiger partial charge in [-0.25, -0.2) is 4.79 Å². The van der Waals surface area contributed by atoms with Gasteiger partial charge in [0, 0.05) is 6.54 Å². The van der Waals surface area contributed by atoms with Gasteiger partial charge in [0.15, 0.2) is 0 Å². The molecule has 3 nitrogen and oxygen atoms in total. The first-order valence-corrected chi connectivity index (χ1v) is 6.17. The maximum Gasteiger partial charge on any atom is 0.459 e. The highest BCUT2D eigenvalue weighted by Gasteiger charge is 2.73. The van der Waals surface area contributed by atoms with E-state index in [1.807, 2.05) is 6.92 Å². The van der Waals surface area contributed by atoms with E-state index in [4.69, 9.17) is 5.11 Å². The average Bonchev–Trinajstić information content (AvgIpc) is 2.31. The molecule has 0 aromatic rings. The molecule has 1 amide bonds. The van der Waals surface area contributed by atoms with E-state index in [1.165, 1.54) is 0 Å². The predicted molar refractivity (Wildman–Crippen MR) is 59.7 cm³/mol. The first kappa shape index (κ1) is 19.8. The van der Waals surface area contributed by atoms with Gasteiger partial charge >= 0.3 is 24.1 Å². The third-order valence-corrected chi connectivity index (χ3v) is 2.76. The van der Waals surface area contributed by atoms with E-state index in [0.29, 0.717) is 12.8 Å². The van der Waals surface area contributed by atoms with Crippen LogP contribution in [0, 0.1) is 0 Å². The lowest BCUT2D eigenvalue weighted by molar-refractivity contribution is -0.355. The number of hydrogen-bond acceptors (Lipinski definition) is 1. The lowest BCUT2D eigenvalue weighted by atomic mass is 10.1. The number of amides is 1. The van der Waals surface area contributed by atoms with Gasteiger partial charge in [0.05, 0.1) is 6.54 Å². The van der Waals surface area contributed by atoms with E-state index in [-0.39, 0.29) is 11.3 Å². The number of rotatable bonds is 8. The molecule has 1 N–H and O–H groups in total. The maximum atomic E-state index is 13.1. The quantitative estimate of drug-likeness (QED) is 0.531. The monoisotopic (exact) mass is 327 g/mol. The van der Waals surface area contributed by atoms with Gasteiger partial charge in [-0.3, -0.25) is 0 Å². The van der Waals surface area contributed by atoms with Crippen LogP contribution in [0.3, 0.4) is 0 Å². The molecule has 0 atom stereocenters. The molecule has 0 radical (unpaired) electrons. The van der Waals surface area contributed by atoms with Crippen molar-refractivity contribution in [1.82, 2.24) is 4.90 Å². The molecule has 0 aromatic heterocycles. The standard InChI is InChI=1S/C11H16F7NO2/c1-2-3-4-5-6-19(8(20)21)7-9(12,13)10(14,15)11(16,17)18/h2-7H2,1H3,(H,20,21). The number of nitrogens with zero attached hydrogens (tertiary/aromatic N) is 1. The molecule has 0 fully saturated rings. The fourth-order valence-corrected chi connectivity index (χ4v) is 1.52. The van der Waals surface area contributed by atoms with Crippen LogP contribution in [-0.4, -0.2) is 47.2 Å². The highest BCUT2D eigenvalue weighted by atomic mass is 19.4. The minimum Gasteiger partial charge on any atom is -0.465 e. The molecule has 0 saturated carbocycles. The topological polar surface area (TPSA) is 40.5 Å². The predicted octanol–water partition coefficient (Wildman–Crippen LogP) is 4.38. The van der Waals surface area contributed by atoms with Gasteiger partial charge < -0.3 is 10.0 Å². The van der Waals surface area contributed by atoms with Crippen LogP contribution < -0.4 is 0 Å². The second kappa shape index (κ2) is 7.17. The van der Waals surface area contributed by atoms with Crippen molar-refractivity contribution in [2.45, 2.75) is 50.6 Å². The van der Waals surface area contributed by atoms with Crippen molar-refractivity contribution in [2.24, 2.45) is 0 Å². The molecule has 10 heteroatoms. The van der Waals surface area contributed by atoms with E-state index in [9.17, 15) is 35.5 Å². The minimum absolute atomic E-state index is 0.105. The molecule has 0 aromatic carbocycles. The van der Waals surface area contributed by atoms with Crippen molar-refractivity contribution in [3.05, 3.63) is 0 Å². The van der Waals surface area contributed by atoms with Gasteiger partial charge in [-0.05, 0) is 6.42 Å². The zero-order valence-electron chi connectivity index (χ0n) is 11.2. The van der Waals surface area contributed by atoms with Crippen LogP contribution in [0.1, 0.15) is 32.6 Å². The van der Waals surface area contributed by atoms with E-state index in [0.717, 1.165) is 6.42 Å². The maximum absolute atomic E-state index is 13.1. The number of carbonyl (C=O) groups is 1. The van der Waals surface area contributed by atoms with Crippen molar-refractivity contribution in [3.8, 4) is 0 Å². The number of unbranched alkanes of at least 4 members (excludes halogenated alkanes) is 3. The van der Waals surface area contributed by atoms with Gasteiger partial charge in [0.25, 0.3) is 0 Å². The number of alkyl halides is 7. The van der Waals surface area contributed by atoms with Gasteiger partial charge in [0.2, 0.25) is 0 Å². The normalized spacial score (nSPS) is 13.3. The van der Waals surface area contributed by atoms with Crippen LogP contribution in [0.25, 0.3) is 0 Å². The summed E-state index contributed by atoms with van der Waals surface area (Å²) in [6, 6.07) is 0. The Kier molecular flexibility index (Phi) is 6.75. The largest absolute Gasteiger partial charge is 0.465 e. The van der Waals surface area contributed by atoms with Crippen LogP contribution in [-0.2, 0) is 0 Å². The Morgan fingerprint density at radius 2 is 1.52 bits per heavy atom. The molecule has 0 aliphatic rings. The summed E-state index contributed by atoms with van der Waals surface area (Å²) >= 11 is 0. The van der Waals surface area contributed by atoms with Gasteiger partial charge in [-0.15, -0.1) is 0 Å². The Hall–Kier alpha value is -1.22. The summed E-state index contributed by atoms with van der Waals surface area (Å²) in [7, 11) is 0. The van der Waals surface area contributed by atoms with Crippen LogP contribution in [0.5, 0.6) is 0 Å². The molecular weight excluding hydrogens is 311 g/mol. The summed E-state index contributed by atoms with van der Waals surface area (Å²) in [5.41, 5.74) is 0. The Morgan fingerprint density at radius 1 is 1.00 bits per heavy atom. The highest BCUT2D eigenvalue weighted by molar-refractivity contribution is 5.65. The van der Waals surface area contributed by atoms with E-state index in [2.05, 4.69) is 0 Å². The molecule has 0 bridgehead atoms. The Morgan fingerprint density at radius 3 is 1.90 bits per heavy atom. The fourth-order valence-electron chi connectivity index (χ4n) is 1.52. The van der Waals surface area contributed by atoms with Crippen molar-refractivity contribution < 1.29 is 40.6 Å². The minimum atomic E-state index is -6.46. The molecule has 0 rings (SSSR count). The fraction of sp³-hybridized carbons (Fsp3) is 0.909. The van der Waals surface area contributed by atoms with E-state index >= 15 is 0 Å². The van der Waals surface area contributed by atoms with E-state index < -0.39 is 37.2 Å². The van der Waals surface area contributed by atoms with Gasteiger partial charge in [0.1, 0.15) is 0 Å². The van der Waals surface area contributed by atoms with Crippen molar-refractivity contribution >= 4 is 6.09 Å². The third-order valence-electron chi connectivity index (χ3n) is 2.76. The van der Waals surface area contributed by atoms with Gasteiger partial charge in [-0.2, -0.15) is 30.7 Å². The Labute approximate surface area is 116 Å². The average molecular weight is 327 g/mol. The van der Waals surface area contributed by atoms with Crippen molar-refractivity contribution in [3.63, 3.8) is 0 Å². The lowest BCUT2D eigenvalue weighted by Crippen LogP contribution is -2.57. The van der Waals surface area contributed by atoms with Crippen LogP contribution in [0.15, 0.2) is 0 Å². The molecule has 0 spiro atoms. The number of hydrogen-bond donors (Lipinski definition) is 1. The summed E-state index contributed by atoms with van der Waals surface area (Å²) in [6.07, 6.45) is -6.43. The summed E-state index contributed by atoms with van der Waals surface area (Å²) in [6.45, 7) is -0.910. The van der Waals surface area contributed by atoms with E-state index in [1.54, 1.807) is 0 Å². The Bertz CT molecular complexity index is 344. The number of halogens is 7. The van der Waals surface area contributed by atoms with Crippen molar-refractivity contribution in [2.75, 3.05) is 13.1 Å². The van der Waals surface area contributed by atoms with Crippen molar-refractivity contribution in [1.29, 1.82) is 0 Å². The molecule has 0 heterocycles. The van der Waals surface area contributed by atoms with Gasteiger partial charge in [-0.1, -0.05) is 26.2 Å². The molecule has 0 aliphatic carbocycles. The zero-order chi connectivity index (χ0) is 16.9. The summed E-state index contributed by atoms with van der Waals surface area (Å²) in [5, 5.41) is 8.63. The van der Waals surface area contributed by atoms with Crippen LogP contribution in [0.4, 0.5) is 35.5 Å². The smallest absolute Gasteiger partial charge is 0.459 e. The molecule has 0 unspecified atom stereocenters. The molecule has 0 aliphatic heterocycles. The molecule has 21 heavy (non-hydrogen) atoms. The summed E-state index contributed by atoms with van der Waals surface area (Å²) in [5.74, 6) is -11.8. The molecule has 0 saturated heterocycles. The van der Waals surface area contributed by atoms with Crippen LogP contribution >= 0.6 is 0 Å². The second-order valence-electron chi connectivity index (χ2n) is 4.54. The first-order valence-electron chi connectivity index (χ1n) is 6.17. The zero-order valence-corrected chi connectivity index (χ0v) is 11.2. The second-order valence-corrected chi connectivity index (χ2v) is 4.54. The SMILES string of the molecule is CCCCCCN(CC(F)(F)C(F)(F)C(F)(F)F)C(=O)O. The van der Waals surface area contributed by atoms with Crippen LogP contribution in [0.2, 0.25) is 0 Å². The first-order chi connectivity index (χ1) is 9.37. The molecular formula is C11H16F7NO2. The third kappa shape index (κ3) is 5.24. The summed E-state index contributed by atoms with van der Waals surface area (Å²) in [4.78, 5) is 10.6. The summed E-state index contributed by atoms with van der Waals surface area (Å²) < 4.78 is 87.4.